The van der Waals surface area contributed by atoms with Crippen molar-refractivity contribution >= 4 is 12.0 Å². The third-order valence-corrected chi connectivity index (χ3v) is 6.31. The van der Waals surface area contributed by atoms with Crippen molar-refractivity contribution in [2.75, 3.05) is 26.2 Å². The number of hydrogen-bond acceptors (Lipinski definition) is 6. The lowest BCUT2D eigenvalue weighted by Crippen LogP contribution is -2.46. The molecule has 0 spiro atoms. The number of nitrogens with zero attached hydrogens (tertiary/aromatic N) is 2. The molecule has 2 aliphatic rings. The second-order valence-electron chi connectivity index (χ2n) is 10.7. The number of amides is 2. The van der Waals surface area contributed by atoms with E-state index < -0.39 is 5.60 Å². The van der Waals surface area contributed by atoms with Crippen LogP contribution in [0.25, 0.3) is 0 Å². The number of rotatable bonds is 6. The Kier molecular flexibility index (Phi) is 8.38. The van der Waals surface area contributed by atoms with E-state index in [1.165, 1.54) is 6.07 Å². The van der Waals surface area contributed by atoms with Gasteiger partial charge in [0.05, 0.1) is 5.56 Å². The Balaban J connectivity index is 1.58. The maximum absolute atomic E-state index is 13.1. The Morgan fingerprint density at radius 2 is 1.81 bits per heavy atom. The van der Waals surface area contributed by atoms with Crippen molar-refractivity contribution in [1.29, 1.82) is 0 Å². The molecule has 3 rings (SSSR count). The minimum atomic E-state index is -0.507. The number of piperidine rings is 1. The van der Waals surface area contributed by atoms with Gasteiger partial charge in [0.2, 0.25) is 0 Å². The number of allylic oxidation sites excluding steroid dienone is 1. The molecule has 0 unspecified atom stereocenters. The highest BCUT2D eigenvalue weighted by Gasteiger charge is 2.28. The van der Waals surface area contributed by atoms with Crippen LogP contribution in [0.3, 0.4) is 0 Å². The predicted molar refractivity (Wildman–Crippen MR) is 140 cm³/mol. The van der Waals surface area contributed by atoms with E-state index in [1.54, 1.807) is 21.9 Å². The van der Waals surface area contributed by atoms with E-state index in [-0.39, 0.29) is 41.0 Å². The molecule has 196 valence electrons. The zero-order valence-electron chi connectivity index (χ0n) is 22.0. The van der Waals surface area contributed by atoms with Crippen LogP contribution in [0.15, 0.2) is 48.2 Å². The summed E-state index contributed by atoms with van der Waals surface area (Å²) in [6.45, 7) is 15.4. The van der Waals surface area contributed by atoms with E-state index in [2.05, 4.69) is 11.9 Å². The van der Waals surface area contributed by atoms with E-state index >= 15 is 0 Å². The van der Waals surface area contributed by atoms with Crippen LogP contribution in [-0.4, -0.2) is 69.8 Å². The highest BCUT2D eigenvalue weighted by molar-refractivity contribution is 5.98. The van der Waals surface area contributed by atoms with Gasteiger partial charge in [0.1, 0.15) is 17.1 Å². The molecule has 1 saturated heterocycles. The van der Waals surface area contributed by atoms with Gasteiger partial charge in [-0.3, -0.25) is 4.79 Å². The first-order chi connectivity index (χ1) is 16.9. The van der Waals surface area contributed by atoms with Gasteiger partial charge in [-0.2, -0.15) is 0 Å². The summed E-state index contributed by atoms with van der Waals surface area (Å²) in [6.07, 6.45) is 7.04. The third-order valence-electron chi connectivity index (χ3n) is 6.31. The first-order valence-electron chi connectivity index (χ1n) is 12.5. The van der Waals surface area contributed by atoms with E-state index in [4.69, 9.17) is 4.74 Å². The van der Waals surface area contributed by atoms with Gasteiger partial charge in [0.15, 0.2) is 0 Å². The molecule has 1 aromatic carbocycles. The molecule has 8 heteroatoms. The number of aromatic hydroxyl groups is 2. The molecular weight excluding hydrogens is 458 g/mol. The van der Waals surface area contributed by atoms with Crippen molar-refractivity contribution < 1.29 is 24.5 Å². The number of benzene rings is 1. The third kappa shape index (κ3) is 6.83. The van der Waals surface area contributed by atoms with Gasteiger partial charge >= 0.3 is 6.09 Å². The number of hydrogen-bond donors (Lipinski definition) is 3. The summed E-state index contributed by atoms with van der Waals surface area (Å²) in [5.41, 5.74) is 2.14. The van der Waals surface area contributed by atoms with Gasteiger partial charge in [0, 0.05) is 44.0 Å². The molecule has 0 aromatic heterocycles. The fraction of sp³-hybridized carbons (Fsp3) is 0.500. The first kappa shape index (κ1) is 27.2. The van der Waals surface area contributed by atoms with Gasteiger partial charge in [-0.05, 0) is 68.9 Å². The van der Waals surface area contributed by atoms with Gasteiger partial charge in [0.25, 0.3) is 5.91 Å². The van der Waals surface area contributed by atoms with Crippen molar-refractivity contribution in [3.63, 3.8) is 0 Å². The number of carbonyl (C=O) groups is 2. The lowest BCUT2D eigenvalue weighted by Gasteiger charge is -2.34. The predicted octanol–water partition coefficient (Wildman–Crippen LogP) is 4.66. The fourth-order valence-corrected chi connectivity index (χ4v) is 4.36. The molecule has 1 fully saturated rings. The summed E-state index contributed by atoms with van der Waals surface area (Å²) in [5.74, 6) is -0.501. The lowest BCUT2D eigenvalue weighted by atomic mass is 9.98. The molecule has 2 amide bonds. The molecule has 0 radical (unpaired) electrons. The summed E-state index contributed by atoms with van der Waals surface area (Å²) in [4.78, 5) is 28.8. The van der Waals surface area contributed by atoms with Gasteiger partial charge in [-0.15, -0.1) is 0 Å². The number of nitrogens with one attached hydrogen (secondary N) is 1. The zero-order valence-corrected chi connectivity index (χ0v) is 22.0. The summed E-state index contributed by atoms with van der Waals surface area (Å²) >= 11 is 0. The molecular formula is C28H39N3O5. The largest absolute Gasteiger partial charge is 0.508 e. The van der Waals surface area contributed by atoms with Crippen LogP contribution in [-0.2, 0) is 4.74 Å². The van der Waals surface area contributed by atoms with Crippen LogP contribution in [0.5, 0.6) is 11.5 Å². The monoisotopic (exact) mass is 497 g/mol. The molecule has 0 bridgehead atoms. The Hall–Kier alpha value is -3.42. The quantitative estimate of drug-likeness (QED) is 0.494. The summed E-state index contributed by atoms with van der Waals surface area (Å²) in [5, 5.41) is 23.9. The highest BCUT2D eigenvalue weighted by Crippen LogP contribution is 2.33. The van der Waals surface area contributed by atoms with Crippen LogP contribution < -0.4 is 5.32 Å². The van der Waals surface area contributed by atoms with Gasteiger partial charge in [-0.1, -0.05) is 26.5 Å². The number of phenolic OH excluding ortho intramolecular Hbond substituents is 2. The molecule has 0 atom stereocenters. The zero-order chi connectivity index (χ0) is 26.6. The molecule has 2 heterocycles. The van der Waals surface area contributed by atoms with E-state index in [0.29, 0.717) is 31.7 Å². The molecule has 1 aromatic rings. The Morgan fingerprint density at radius 1 is 1.14 bits per heavy atom. The summed E-state index contributed by atoms with van der Waals surface area (Å²) in [6, 6.07) is 3.02. The number of carbonyl (C=O) groups excluding carboxylic acids is 2. The fourth-order valence-electron chi connectivity index (χ4n) is 4.36. The average Bonchev–Trinajstić information content (AvgIpc) is 3.26. The molecule has 8 nitrogen and oxygen atoms in total. The van der Waals surface area contributed by atoms with Crippen LogP contribution in [0.2, 0.25) is 0 Å². The second kappa shape index (κ2) is 11.1. The maximum Gasteiger partial charge on any atom is 0.410 e. The Labute approximate surface area is 213 Å². The minimum absolute atomic E-state index is 0.0131. The van der Waals surface area contributed by atoms with Gasteiger partial charge in [-0.25, -0.2) is 4.79 Å². The molecule has 2 aliphatic heterocycles. The van der Waals surface area contributed by atoms with Crippen LogP contribution >= 0.6 is 0 Å². The standard InChI is InChI=1S/C28H39N3O5/c1-7-20(29-21-9-12-30(13-10-21)27(35)36-28(4,5)6)14-19-8-11-31(17-19)26(34)23-15-22(18(2)3)24(32)16-25(23)33/h7-8,14-16,18,21,29,32-33H,1,9-13,17H2,2-6H3/b20-14+. The summed E-state index contributed by atoms with van der Waals surface area (Å²) < 4.78 is 5.47. The Bertz CT molecular complexity index is 1060. The lowest BCUT2D eigenvalue weighted by molar-refractivity contribution is 0.0201. The number of phenols is 2. The van der Waals surface area contributed by atoms with Crippen LogP contribution in [0, 0.1) is 0 Å². The van der Waals surface area contributed by atoms with Crippen molar-refractivity contribution in [3.8, 4) is 11.5 Å². The molecule has 36 heavy (non-hydrogen) atoms. The second-order valence-corrected chi connectivity index (χ2v) is 10.7. The van der Waals surface area contributed by atoms with E-state index in [0.717, 1.165) is 24.1 Å². The van der Waals surface area contributed by atoms with Crippen molar-refractivity contribution in [1.82, 2.24) is 15.1 Å². The minimum Gasteiger partial charge on any atom is -0.508 e. The molecule has 0 saturated carbocycles. The van der Waals surface area contributed by atoms with E-state index in [1.807, 2.05) is 46.8 Å². The van der Waals surface area contributed by atoms with Crippen molar-refractivity contribution in [3.05, 3.63) is 59.3 Å². The SMILES string of the molecule is C=C/C(=C\C1=CCN(C(=O)c2cc(C(C)C)c(O)cc2O)C1)NC1CCN(C(=O)OC(C)(C)C)CC1. The van der Waals surface area contributed by atoms with Crippen LogP contribution in [0.1, 0.15) is 69.3 Å². The number of likely N-dealkylation sites (tertiary alicyclic amines) is 1. The summed E-state index contributed by atoms with van der Waals surface area (Å²) in [7, 11) is 0. The first-order valence-corrected chi connectivity index (χ1v) is 12.5. The maximum atomic E-state index is 13.1. The smallest absolute Gasteiger partial charge is 0.410 e. The topological polar surface area (TPSA) is 102 Å². The Morgan fingerprint density at radius 3 is 2.39 bits per heavy atom. The molecule has 0 aliphatic carbocycles. The average molecular weight is 498 g/mol. The van der Waals surface area contributed by atoms with Crippen LogP contribution in [0.4, 0.5) is 4.79 Å². The number of ether oxygens (including phenoxy) is 1. The normalized spacial score (nSPS) is 17.3. The van der Waals surface area contributed by atoms with Gasteiger partial charge < -0.3 is 30.1 Å². The van der Waals surface area contributed by atoms with Crippen molar-refractivity contribution in [2.45, 2.75) is 65.0 Å². The molecule has 3 N–H and O–H groups in total. The van der Waals surface area contributed by atoms with Crippen molar-refractivity contribution in [2.24, 2.45) is 0 Å². The van der Waals surface area contributed by atoms with E-state index in [9.17, 15) is 19.8 Å². The highest BCUT2D eigenvalue weighted by atomic mass is 16.6.